The van der Waals surface area contributed by atoms with Gasteiger partial charge in [0, 0.05) is 0 Å². The molecule has 0 spiro atoms. The lowest BCUT2D eigenvalue weighted by Gasteiger charge is -2.41. The van der Waals surface area contributed by atoms with Crippen molar-refractivity contribution in [2.75, 3.05) is 13.1 Å². The Morgan fingerprint density at radius 3 is 2.50 bits per heavy atom. The van der Waals surface area contributed by atoms with Crippen LogP contribution in [0.25, 0.3) is 0 Å². The van der Waals surface area contributed by atoms with E-state index in [4.69, 9.17) is 11.5 Å². The van der Waals surface area contributed by atoms with Crippen LogP contribution in [0.4, 0.5) is 0 Å². The molecule has 2 bridgehead atoms. The Morgan fingerprint density at radius 1 is 1.07 bits per heavy atom. The van der Waals surface area contributed by atoms with Crippen molar-refractivity contribution in [1.82, 2.24) is 0 Å². The van der Waals surface area contributed by atoms with Crippen LogP contribution in [0, 0.1) is 29.1 Å². The normalized spacial score (nSPS) is 48.4. The van der Waals surface area contributed by atoms with E-state index in [1.165, 1.54) is 32.1 Å². The molecular formula is C12H22N2. The number of nitrogens with two attached hydrogens (primary N) is 2. The molecule has 80 valence electrons. The first-order valence-corrected chi connectivity index (χ1v) is 6.21. The third kappa shape index (κ3) is 0.938. The third-order valence-corrected chi connectivity index (χ3v) is 5.57. The van der Waals surface area contributed by atoms with Crippen molar-refractivity contribution in [3.8, 4) is 0 Å². The SMILES string of the molecule is NCC1(CN)CC2CC1C1CCCC21. The number of rotatable bonds is 2. The van der Waals surface area contributed by atoms with Crippen molar-refractivity contribution in [3.05, 3.63) is 0 Å². The summed E-state index contributed by atoms with van der Waals surface area (Å²) in [6.07, 6.45) is 7.22. The molecular weight excluding hydrogens is 172 g/mol. The summed E-state index contributed by atoms with van der Waals surface area (Å²) in [5, 5.41) is 0. The second-order valence-electron chi connectivity index (χ2n) is 5.84. The van der Waals surface area contributed by atoms with E-state index >= 15 is 0 Å². The van der Waals surface area contributed by atoms with Crippen LogP contribution in [-0.2, 0) is 0 Å². The first-order chi connectivity index (χ1) is 6.80. The molecule has 2 nitrogen and oxygen atoms in total. The standard InChI is InChI=1S/C12H22N2/c13-6-12(7-14)5-8-4-11(12)10-3-1-2-9(8)10/h8-11H,1-7,13-14H2. The molecule has 3 fully saturated rings. The van der Waals surface area contributed by atoms with Crippen molar-refractivity contribution in [3.63, 3.8) is 0 Å². The van der Waals surface area contributed by atoms with Crippen molar-refractivity contribution in [2.24, 2.45) is 40.6 Å². The fourth-order valence-corrected chi connectivity index (χ4v) is 4.94. The lowest BCUT2D eigenvalue weighted by molar-refractivity contribution is 0.0972. The molecule has 2 heteroatoms. The molecule has 3 aliphatic rings. The zero-order valence-electron chi connectivity index (χ0n) is 8.91. The Balaban J connectivity index is 1.89. The number of hydrogen-bond acceptors (Lipinski definition) is 2. The van der Waals surface area contributed by atoms with Gasteiger partial charge < -0.3 is 11.5 Å². The largest absolute Gasteiger partial charge is 0.330 e. The highest BCUT2D eigenvalue weighted by molar-refractivity contribution is 5.09. The molecule has 0 aromatic rings. The highest BCUT2D eigenvalue weighted by atomic mass is 14.8. The fourth-order valence-electron chi connectivity index (χ4n) is 4.94. The van der Waals surface area contributed by atoms with Gasteiger partial charge >= 0.3 is 0 Å². The van der Waals surface area contributed by atoms with Crippen molar-refractivity contribution in [2.45, 2.75) is 32.1 Å². The van der Waals surface area contributed by atoms with Gasteiger partial charge in [-0.05, 0) is 67.9 Å². The van der Waals surface area contributed by atoms with E-state index in [1.54, 1.807) is 0 Å². The third-order valence-electron chi connectivity index (χ3n) is 5.57. The summed E-state index contributed by atoms with van der Waals surface area (Å²) in [6, 6.07) is 0. The molecule has 0 aliphatic heterocycles. The summed E-state index contributed by atoms with van der Waals surface area (Å²) < 4.78 is 0. The van der Waals surface area contributed by atoms with Crippen LogP contribution < -0.4 is 11.5 Å². The molecule has 14 heavy (non-hydrogen) atoms. The van der Waals surface area contributed by atoms with E-state index in [9.17, 15) is 0 Å². The first kappa shape index (κ1) is 9.17. The highest BCUT2D eigenvalue weighted by Crippen LogP contribution is 2.64. The van der Waals surface area contributed by atoms with Crippen molar-refractivity contribution < 1.29 is 0 Å². The predicted octanol–water partition coefficient (Wildman–Crippen LogP) is 1.35. The maximum Gasteiger partial charge on any atom is -0.000556 e. The average Bonchev–Trinajstić information content (AvgIpc) is 2.88. The summed E-state index contributed by atoms with van der Waals surface area (Å²) in [7, 11) is 0. The lowest BCUT2D eigenvalue weighted by Crippen LogP contribution is -2.46. The van der Waals surface area contributed by atoms with Crippen LogP contribution in [0.1, 0.15) is 32.1 Å². The summed E-state index contributed by atoms with van der Waals surface area (Å²) in [6.45, 7) is 1.65. The second kappa shape index (κ2) is 2.96. The van der Waals surface area contributed by atoms with Gasteiger partial charge in [0.15, 0.2) is 0 Å². The van der Waals surface area contributed by atoms with E-state index in [2.05, 4.69) is 0 Å². The summed E-state index contributed by atoms with van der Waals surface area (Å²) in [5.41, 5.74) is 12.3. The van der Waals surface area contributed by atoms with Gasteiger partial charge in [0.05, 0.1) is 0 Å². The van der Waals surface area contributed by atoms with Gasteiger partial charge in [-0.2, -0.15) is 0 Å². The van der Waals surface area contributed by atoms with Crippen molar-refractivity contribution >= 4 is 0 Å². The Hall–Kier alpha value is -0.0800. The van der Waals surface area contributed by atoms with Gasteiger partial charge in [-0.25, -0.2) is 0 Å². The van der Waals surface area contributed by atoms with Gasteiger partial charge in [0.2, 0.25) is 0 Å². The minimum Gasteiger partial charge on any atom is -0.330 e. The Bertz CT molecular complexity index is 234. The monoisotopic (exact) mass is 194 g/mol. The van der Waals surface area contributed by atoms with Crippen LogP contribution in [0.5, 0.6) is 0 Å². The molecule has 4 N–H and O–H groups in total. The molecule has 3 aliphatic carbocycles. The molecule has 4 unspecified atom stereocenters. The molecule has 0 saturated heterocycles. The molecule has 3 saturated carbocycles. The zero-order valence-corrected chi connectivity index (χ0v) is 8.91. The Labute approximate surface area is 86.4 Å². The fraction of sp³-hybridized carbons (Fsp3) is 1.00. The maximum atomic E-state index is 5.97. The van der Waals surface area contributed by atoms with Crippen LogP contribution >= 0.6 is 0 Å². The van der Waals surface area contributed by atoms with E-state index < -0.39 is 0 Å². The van der Waals surface area contributed by atoms with Crippen LogP contribution in [-0.4, -0.2) is 13.1 Å². The Morgan fingerprint density at radius 2 is 1.79 bits per heavy atom. The van der Waals surface area contributed by atoms with Crippen LogP contribution in [0.2, 0.25) is 0 Å². The molecule has 0 heterocycles. The van der Waals surface area contributed by atoms with Gasteiger partial charge in [0.25, 0.3) is 0 Å². The topological polar surface area (TPSA) is 52.0 Å². The van der Waals surface area contributed by atoms with E-state index in [-0.39, 0.29) is 0 Å². The first-order valence-electron chi connectivity index (χ1n) is 6.21. The van der Waals surface area contributed by atoms with Crippen molar-refractivity contribution in [1.29, 1.82) is 0 Å². The second-order valence-corrected chi connectivity index (χ2v) is 5.84. The minimum atomic E-state index is 0.343. The number of hydrogen-bond donors (Lipinski definition) is 2. The van der Waals surface area contributed by atoms with Gasteiger partial charge in [0.1, 0.15) is 0 Å². The number of fused-ring (bicyclic) bond motifs is 5. The van der Waals surface area contributed by atoms with E-state index in [1.807, 2.05) is 0 Å². The van der Waals surface area contributed by atoms with E-state index in [0.29, 0.717) is 5.41 Å². The molecule has 0 amide bonds. The summed E-state index contributed by atoms with van der Waals surface area (Å²) >= 11 is 0. The summed E-state index contributed by atoms with van der Waals surface area (Å²) in [4.78, 5) is 0. The molecule has 3 rings (SSSR count). The van der Waals surface area contributed by atoms with Crippen LogP contribution in [0.15, 0.2) is 0 Å². The molecule has 0 radical (unpaired) electrons. The average molecular weight is 194 g/mol. The summed E-state index contributed by atoms with van der Waals surface area (Å²) in [5.74, 6) is 3.93. The van der Waals surface area contributed by atoms with Gasteiger partial charge in [-0.15, -0.1) is 0 Å². The van der Waals surface area contributed by atoms with Crippen LogP contribution in [0.3, 0.4) is 0 Å². The lowest BCUT2D eigenvalue weighted by atomic mass is 9.65. The zero-order chi connectivity index (χ0) is 9.76. The maximum absolute atomic E-state index is 5.97. The van der Waals surface area contributed by atoms with Gasteiger partial charge in [-0.1, -0.05) is 6.42 Å². The van der Waals surface area contributed by atoms with E-state index in [0.717, 1.165) is 36.8 Å². The predicted molar refractivity (Wildman–Crippen MR) is 57.6 cm³/mol. The highest BCUT2D eigenvalue weighted by Gasteiger charge is 2.59. The van der Waals surface area contributed by atoms with Gasteiger partial charge in [-0.3, -0.25) is 0 Å². The molecule has 0 aromatic heterocycles. The Kier molecular flexibility index (Phi) is 1.94. The quantitative estimate of drug-likeness (QED) is 0.697. The molecule has 4 atom stereocenters. The molecule has 0 aromatic carbocycles. The minimum absolute atomic E-state index is 0.343. The smallest absolute Gasteiger partial charge is 0.000556 e.